The largest absolute Gasteiger partial charge is 0.479 e. The Morgan fingerprint density at radius 1 is 1.30 bits per heavy atom. The van der Waals surface area contributed by atoms with Crippen LogP contribution in [0.4, 0.5) is 4.39 Å². The number of halogens is 1. The summed E-state index contributed by atoms with van der Waals surface area (Å²) in [5, 5.41) is 0. The van der Waals surface area contributed by atoms with E-state index in [1.54, 1.807) is 13.8 Å². The smallest absolute Gasteiger partial charge is 0.356 e. The van der Waals surface area contributed by atoms with Crippen LogP contribution in [0.25, 0.3) is 11.2 Å². The summed E-state index contributed by atoms with van der Waals surface area (Å²) in [6.45, 7) is 3.82. The van der Waals surface area contributed by atoms with Crippen molar-refractivity contribution in [3.63, 3.8) is 0 Å². The van der Waals surface area contributed by atoms with E-state index in [2.05, 4.69) is 15.0 Å². The van der Waals surface area contributed by atoms with Crippen molar-refractivity contribution >= 4 is 18.8 Å². The van der Waals surface area contributed by atoms with Gasteiger partial charge in [0.25, 0.3) is 0 Å². The Labute approximate surface area is 155 Å². The van der Waals surface area contributed by atoms with Crippen molar-refractivity contribution in [2.75, 3.05) is 26.7 Å². The van der Waals surface area contributed by atoms with Crippen LogP contribution in [-0.4, -0.2) is 58.7 Å². The number of hydrogen-bond acceptors (Lipinski definition) is 9. The molecule has 0 radical (unpaired) electrons. The number of ether oxygens (including phenoxy) is 3. The Morgan fingerprint density at radius 3 is 2.70 bits per heavy atom. The van der Waals surface area contributed by atoms with E-state index in [0.717, 1.165) is 0 Å². The molecule has 1 fully saturated rings. The first kappa shape index (κ1) is 20.1. The molecule has 3 rings (SSSR count). The summed E-state index contributed by atoms with van der Waals surface area (Å²) in [7, 11) is -1.94. The van der Waals surface area contributed by atoms with Crippen molar-refractivity contribution in [1.29, 1.82) is 0 Å². The highest BCUT2D eigenvalue weighted by Crippen LogP contribution is 2.49. The van der Waals surface area contributed by atoms with Gasteiger partial charge in [0.15, 0.2) is 36.2 Å². The molecule has 3 unspecified atom stereocenters. The molecule has 2 aromatic heterocycles. The van der Waals surface area contributed by atoms with Crippen LogP contribution in [0.15, 0.2) is 12.7 Å². The van der Waals surface area contributed by atoms with Crippen molar-refractivity contribution in [3.8, 4) is 5.88 Å². The van der Waals surface area contributed by atoms with Gasteiger partial charge >= 0.3 is 7.60 Å². The molecular formula is C15H22FN4O6P. The van der Waals surface area contributed by atoms with Crippen LogP contribution in [0, 0.1) is 0 Å². The summed E-state index contributed by atoms with van der Waals surface area (Å²) in [5.74, 6) is 0.286. The first-order valence-electron chi connectivity index (χ1n) is 8.52. The van der Waals surface area contributed by atoms with Crippen LogP contribution in [0.5, 0.6) is 5.88 Å². The van der Waals surface area contributed by atoms with E-state index in [4.69, 9.17) is 23.3 Å². The molecule has 0 aromatic carbocycles. The van der Waals surface area contributed by atoms with Crippen LogP contribution in [0.1, 0.15) is 26.5 Å². The molecule has 0 aliphatic carbocycles. The van der Waals surface area contributed by atoms with E-state index in [0.29, 0.717) is 11.2 Å². The summed E-state index contributed by atoms with van der Waals surface area (Å²) in [6, 6.07) is 0. The third-order valence-electron chi connectivity index (χ3n) is 3.88. The second-order valence-corrected chi connectivity index (χ2v) is 7.65. The van der Waals surface area contributed by atoms with Crippen LogP contribution in [-0.2, 0) is 23.1 Å². The third-order valence-corrected chi connectivity index (χ3v) is 5.65. The number of alkyl halides is 1. The van der Waals surface area contributed by atoms with Gasteiger partial charge in [-0.05, 0) is 13.8 Å². The molecule has 12 heteroatoms. The predicted octanol–water partition coefficient (Wildman–Crippen LogP) is 2.66. The Morgan fingerprint density at radius 2 is 2.04 bits per heavy atom. The van der Waals surface area contributed by atoms with Crippen molar-refractivity contribution < 1.29 is 32.2 Å². The molecule has 3 atom stereocenters. The van der Waals surface area contributed by atoms with Crippen LogP contribution < -0.4 is 4.74 Å². The molecule has 27 heavy (non-hydrogen) atoms. The highest BCUT2D eigenvalue weighted by Gasteiger charge is 2.40. The monoisotopic (exact) mass is 404 g/mol. The lowest BCUT2D eigenvalue weighted by Crippen LogP contribution is -2.17. The van der Waals surface area contributed by atoms with E-state index in [1.165, 1.54) is 24.3 Å². The van der Waals surface area contributed by atoms with Crippen molar-refractivity contribution in [2.24, 2.45) is 0 Å². The van der Waals surface area contributed by atoms with Crippen LogP contribution in [0.3, 0.4) is 0 Å². The summed E-state index contributed by atoms with van der Waals surface area (Å²) in [5.41, 5.74) is 0.779. The number of imidazole rings is 1. The zero-order chi connectivity index (χ0) is 19.4. The molecule has 1 saturated heterocycles. The zero-order valence-electron chi connectivity index (χ0n) is 15.3. The molecule has 0 bridgehead atoms. The zero-order valence-corrected chi connectivity index (χ0v) is 16.2. The Bertz CT molecular complexity index is 811. The number of hydrogen-bond donors (Lipinski definition) is 0. The Hall–Kier alpha value is -1.65. The van der Waals surface area contributed by atoms with Gasteiger partial charge in [0.2, 0.25) is 5.88 Å². The van der Waals surface area contributed by atoms with Crippen LogP contribution >= 0.6 is 7.60 Å². The van der Waals surface area contributed by atoms with Gasteiger partial charge in [0.1, 0.15) is 6.33 Å². The third kappa shape index (κ3) is 4.27. The minimum absolute atomic E-state index is 0.0369. The summed E-state index contributed by atoms with van der Waals surface area (Å²) >= 11 is 0. The Balaban J connectivity index is 1.71. The Kier molecular flexibility index (Phi) is 6.38. The summed E-state index contributed by atoms with van der Waals surface area (Å²) in [4.78, 5) is 12.3. The van der Waals surface area contributed by atoms with Gasteiger partial charge < -0.3 is 23.3 Å². The fourth-order valence-electron chi connectivity index (χ4n) is 2.79. The van der Waals surface area contributed by atoms with Gasteiger partial charge in [-0.1, -0.05) is 0 Å². The topological polar surface area (TPSA) is 107 Å². The van der Waals surface area contributed by atoms with Gasteiger partial charge in [-0.2, -0.15) is 4.98 Å². The second kappa shape index (κ2) is 8.57. The van der Waals surface area contributed by atoms with E-state index < -0.39 is 26.3 Å². The van der Waals surface area contributed by atoms with E-state index in [1.807, 2.05) is 0 Å². The first-order chi connectivity index (χ1) is 13.0. The maximum atomic E-state index is 14.6. The standard InChI is InChI=1S/C15H22FN4O6P/c1-4-24-27(21,25-5-2)9-23-11-6-10(16)15(26-11)20-8-19-12-13(20)17-7-18-14(12)22-3/h7-8,10-11,15H,4-6,9H2,1-3H3. The van der Waals surface area contributed by atoms with E-state index >= 15 is 0 Å². The molecule has 0 N–H and O–H groups in total. The quantitative estimate of drug-likeness (QED) is 0.583. The lowest BCUT2D eigenvalue weighted by Gasteiger charge is -2.20. The molecule has 0 amide bonds. The van der Waals surface area contributed by atoms with Gasteiger partial charge in [0, 0.05) is 6.42 Å². The minimum atomic E-state index is -3.40. The highest BCUT2D eigenvalue weighted by molar-refractivity contribution is 7.53. The molecule has 1 aliphatic rings. The van der Waals surface area contributed by atoms with Crippen molar-refractivity contribution in [1.82, 2.24) is 19.5 Å². The molecular weight excluding hydrogens is 382 g/mol. The first-order valence-corrected chi connectivity index (χ1v) is 10.2. The van der Waals surface area contributed by atoms with E-state index in [9.17, 15) is 8.96 Å². The number of fused-ring (bicyclic) bond motifs is 1. The number of aromatic nitrogens is 4. The second-order valence-electron chi connectivity index (χ2n) is 5.66. The lowest BCUT2D eigenvalue weighted by molar-refractivity contribution is -0.143. The number of methoxy groups -OCH3 is 1. The average molecular weight is 404 g/mol. The number of nitrogens with zero attached hydrogens (tertiary/aromatic N) is 4. The molecule has 3 heterocycles. The van der Waals surface area contributed by atoms with Gasteiger partial charge in [-0.3, -0.25) is 9.13 Å². The molecule has 0 saturated carbocycles. The normalized spacial score (nSPS) is 23.2. The van der Waals surface area contributed by atoms with Crippen molar-refractivity contribution in [2.45, 2.75) is 39.0 Å². The van der Waals surface area contributed by atoms with E-state index in [-0.39, 0.29) is 31.9 Å². The maximum Gasteiger partial charge on any atom is 0.356 e. The maximum absolute atomic E-state index is 14.6. The fourth-order valence-corrected chi connectivity index (χ4v) is 4.15. The predicted molar refractivity (Wildman–Crippen MR) is 92.1 cm³/mol. The number of rotatable bonds is 9. The molecule has 10 nitrogen and oxygen atoms in total. The SMILES string of the molecule is CCOP(=O)(COC1CC(F)C(n2cnc3c(OC)ncnc32)O1)OCC. The van der Waals surface area contributed by atoms with Crippen molar-refractivity contribution in [3.05, 3.63) is 12.7 Å². The minimum Gasteiger partial charge on any atom is -0.479 e. The molecule has 2 aromatic rings. The molecule has 1 aliphatic heterocycles. The van der Waals surface area contributed by atoms with Gasteiger partial charge in [-0.25, -0.2) is 14.4 Å². The lowest BCUT2D eigenvalue weighted by atomic mass is 10.3. The molecule has 0 spiro atoms. The summed E-state index contributed by atoms with van der Waals surface area (Å²) in [6.07, 6.45) is -0.905. The van der Waals surface area contributed by atoms with Crippen LogP contribution in [0.2, 0.25) is 0 Å². The van der Waals surface area contributed by atoms with Gasteiger partial charge in [-0.15, -0.1) is 0 Å². The summed E-state index contributed by atoms with van der Waals surface area (Å²) < 4.78 is 55.0. The van der Waals surface area contributed by atoms with Gasteiger partial charge in [0.05, 0.1) is 26.7 Å². The highest BCUT2D eigenvalue weighted by atomic mass is 31.2. The fraction of sp³-hybridized carbons (Fsp3) is 0.667. The average Bonchev–Trinajstić information content (AvgIpc) is 3.23. The molecule has 150 valence electrons.